The maximum atomic E-state index is 11.4. The molecular weight excluding hydrogens is 262 g/mol. The van der Waals surface area contributed by atoms with Crippen LogP contribution in [0.4, 0.5) is 0 Å². The summed E-state index contributed by atoms with van der Waals surface area (Å²) in [4.78, 5) is 24.8. The number of likely N-dealkylation sites (N-methyl/N-ethyl adjacent to an activating group) is 1. The monoisotopic (exact) mass is 283 g/mol. The molecule has 0 aliphatic carbocycles. The van der Waals surface area contributed by atoms with E-state index in [1.54, 1.807) is 12.1 Å². The molecule has 0 saturated heterocycles. The van der Waals surface area contributed by atoms with Gasteiger partial charge in [0.05, 0.1) is 6.26 Å². The van der Waals surface area contributed by atoms with Gasteiger partial charge < -0.3 is 25.1 Å². The summed E-state index contributed by atoms with van der Waals surface area (Å²) in [5.41, 5.74) is 0. The summed E-state index contributed by atoms with van der Waals surface area (Å²) in [5.74, 6) is -0.926. The lowest BCUT2D eigenvalue weighted by Crippen LogP contribution is -2.42. The van der Waals surface area contributed by atoms with Crippen molar-refractivity contribution in [2.45, 2.75) is 12.5 Å². The van der Waals surface area contributed by atoms with E-state index >= 15 is 0 Å². The van der Waals surface area contributed by atoms with Crippen molar-refractivity contribution in [1.29, 1.82) is 0 Å². The number of nitrogens with one attached hydrogen (secondary N) is 2. The fourth-order valence-electron chi connectivity index (χ4n) is 1.50. The van der Waals surface area contributed by atoms with Crippen LogP contribution in [-0.2, 0) is 9.59 Å². The topological polar surface area (TPSA) is 94.8 Å². The van der Waals surface area contributed by atoms with Crippen LogP contribution in [0.1, 0.15) is 18.3 Å². The highest BCUT2D eigenvalue weighted by molar-refractivity contribution is 6.35. The minimum Gasteiger partial charge on any atom is -0.467 e. The van der Waals surface area contributed by atoms with Crippen LogP contribution in [0, 0.1) is 0 Å². The van der Waals surface area contributed by atoms with Crippen molar-refractivity contribution in [1.82, 2.24) is 15.5 Å². The number of amides is 2. The lowest BCUT2D eigenvalue weighted by molar-refractivity contribution is -0.139. The number of carbonyl (C=O) groups excluding carboxylic acids is 2. The van der Waals surface area contributed by atoms with Crippen LogP contribution in [0.25, 0.3) is 0 Å². The maximum Gasteiger partial charge on any atom is 0.309 e. The first-order chi connectivity index (χ1) is 9.50. The third-order valence-electron chi connectivity index (χ3n) is 2.63. The molecule has 1 aromatic heterocycles. The van der Waals surface area contributed by atoms with Gasteiger partial charge >= 0.3 is 11.8 Å². The highest BCUT2D eigenvalue weighted by atomic mass is 16.4. The second-order valence-corrected chi connectivity index (χ2v) is 4.63. The Morgan fingerprint density at radius 1 is 1.30 bits per heavy atom. The van der Waals surface area contributed by atoms with E-state index in [1.807, 2.05) is 19.0 Å². The fourth-order valence-corrected chi connectivity index (χ4v) is 1.50. The molecule has 3 N–H and O–H groups in total. The van der Waals surface area contributed by atoms with Crippen molar-refractivity contribution in [2.24, 2.45) is 0 Å². The molecule has 0 fully saturated rings. The first-order valence-corrected chi connectivity index (χ1v) is 6.43. The van der Waals surface area contributed by atoms with E-state index in [4.69, 9.17) is 4.42 Å². The summed E-state index contributed by atoms with van der Waals surface area (Å²) >= 11 is 0. The number of carbonyl (C=O) groups is 2. The molecular formula is C13H21N3O4. The molecule has 112 valence electrons. The Bertz CT molecular complexity index is 417. The number of hydrogen-bond acceptors (Lipinski definition) is 5. The molecule has 0 unspecified atom stereocenters. The van der Waals surface area contributed by atoms with Crippen molar-refractivity contribution in [3.05, 3.63) is 24.2 Å². The Morgan fingerprint density at radius 2 is 1.95 bits per heavy atom. The molecule has 0 aliphatic heterocycles. The minimum absolute atomic E-state index is 0.196. The van der Waals surface area contributed by atoms with Crippen LogP contribution in [0.3, 0.4) is 0 Å². The summed E-state index contributed by atoms with van der Waals surface area (Å²) in [6, 6.07) is 3.33. The standard InChI is InChI=1S/C13H21N3O4/c1-16(2)8-7-15-13(19)12(18)14-6-5-10(17)11-4-3-9-20-11/h3-4,9-10,17H,5-8H2,1-2H3,(H,14,18)(H,15,19)/t10-/m0/s1. The van der Waals surface area contributed by atoms with Crippen molar-refractivity contribution < 1.29 is 19.1 Å². The first kappa shape index (κ1) is 16.2. The summed E-state index contributed by atoms with van der Waals surface area (Å²) < 4.78 is 5.03. The number of nitrogens with zero attached hydrogens (tertiary/aromatic N) is 1. The maximum absolute atomic E-state index is 11.4. The molecule has 0 aromatic carbocycles. The molecule has 0 saturated carbocycles. The zero-order chi connectivity index (χ0) is 15.0. The van der Waals surface area contributed by atoms with E-state index in [0.29, 0.717) is 18.8 Å². The van der Waals surface area contributed by atoms with Crippen molar-refractivity contribution >= 4 is 11.8 Å². The van der Waals surface area contributed by atoms with Gasteiger partial charge in [0.2, 0.25) is 0 Å². The molecule has 0 bridgehead atoms. The van der Waals surface area contributed by atoms with Gasteiger partial charge in [-0.1, -0.05) is 0 Å². The van der Waals surface area contributed by atoms with Crippen LogP contribution in [0.5, 0.6) is 0 Å². The molecule has 0 aliphatic rings. The molecule has 20 heavy (non-hydrogen) atoms. The molecule has 7 nitrogen and oxygen atoms in total. The molecule has 1 rings (SSSR count). The molecule has 0 spiro atoms. The summed E-state index contributed by atoms with van der Waals surface area (Å²) in [7, 11) is 3.75. The molecule has 1 atom stereocenters. The second-order valence-electron chi connectivity index (χ2n) is 4.63. The third-order valence-corrected chi connectivity index (χ3v) is 2.63. The minimum atomic E-state index is -0.790. The van der Waals surface area contributed by atoms with E-state index in [1.165, 1.54) is 6.26 Å². The first-order valence-electron chi connectivity index (χ1n) is 6.43. The van der Waals surface area contributed by atoms with Gasteiger partial charge in [-0.15, -0.1) is 0 Å². The Hall–Kier alpha value is -1.86. The van der Waals surface area contributed by atoms with Gasteiger partial charge in [0.1, 0.15) is 11.9 Å². The predicted octanol–water partition coefficient (Wildman–Crippen LogP) is -0.503. The zero-order valence-corrected chi connectivity index (χ0v) is 11.8. The molecule has 1 heterocycles. The third kappa shape index (κ3) is 5.85. The smallest absolute Gasteiger partial charge is 0.309 e. The highest BCUT2D eigenvalue weighted by Crippen LogP contribution is 2.15. The zero-order valence-electron chi connectivity index (χ0n) is 11.8. The molecule has 7 heteroatoms. The van der Waals surface area contributed by atoms with Gasteiger partial charge in [-0.3, -0.25) is 9.59 Å². The number of aliphatic hydroxyl groups is 1. The van der Waals surface area contributed by atoms with Crippen molar-refractivity contribution in [2.75, 3.05) is 33.7 Å². The van der Waals surface area contributed by atoms with E-state index in [0.717, 1.165) is 0 Å². The predicted molar refractivity (Wildman–Crippen MR) is 72.9 cm³/mol. The average Bonchev–Trinajstić information content (AvgIpc) is 2.91. The average molecular weight is 283 g/mol. The quantitative estimate of drug-likeness (QED) is 0.586. The van der Waals surface area contributed by atoms with E-state index in [-0.39, 0.29) is 13.0 Å². The normalized spacial score (nSPS) is 12.2. The van der Waals surface area contributed by atoms with Gasteiger partial charge in [-0.25, -0.2) is 0 Å². The highest BCUT2D eigenvalue weighted by Gasteiger charge is 2.14. The summed E-state index contributed by atoms with van der Waals surface area (Å²) in [6.45, 7) is 1.27. The van der Waals surface area contributed by atoms with Crippen molar-refractivity contribution in [3.8, 4) is 0 Å². The van der Waals surface area contributed by atoms with Gasteiger partial charge in [-0.05, 0) is 32.6 Å². The van der Waals surface area contributed by atoms with E-state index < -0.39 is 17.9 Å². The largest absolute Gasteiger partial charge is 0.467 e. The number of rotatable bonds is 7. The summed E-state index contributed by atoms with van der Waals surface area (Å²) in [5, 5.41) is 14.7. The fraction of sp³-hybridized carbons (Fsp3) is 0.538. The molecule has 2 amide bonds. The van der Waals surface area contributed by atoms with Gasteiger partial charge in [0.15, 0.2) is 0 Å². The van der Waals surface area contributed by atoms with E-state index in [2.05, 4.69) is 10.6 Å². The van der Waals surface area contributed by atoms with Crippen LogP contribution in [-0.4, -0.2) is 55.6 Å². The van der Waals surface area contributed by atoms with Gasteiger partial charge in [-0.2, -0.15) is 0 Å². The van der Waals surface area contributed by atoms with Crippen LogP contribution in [0.15, 0.2) is 22.8 Å². The van der Waals surface area contributed by atoms with Crippen LogP contribution >= 0.6 is 0 Å². The van der Waals surface area contributed by atoms with Crippen LogP contribution < -0.4 is 10.6 Å². The molecule has 1 aromatic rings. The Kier molecular flexibility index (Phi) is 6.75. The molecule has 0 radical (unpaired) electrons. The Morgan fingerprint density at radius 3 is 2.50 bits per heavy atom. The Labute approximate surface area is 117 Å². The summed E-state index contributed by atoms with van der Waals surface area (Å²) in [6.07, 6.45) is 0.960. The lowest BCUT2D eigenvalue weighted by atomic mass is 10.2. The number of hydrogen-bond donors (Lipinski definition) is 3. The van der Waals surface area contributed by atoms with Crippen molar-refractivity contribution in [3.63, 3.8) is 0 Å². The van der Waals surface area contributed by atoms with E-state index in [9.17, 15) is 14.7 Å². The van der Waals surface area contributed by atoms with Crippen LogP contribution in [0.2, 0.25) is 0 Å². The number of aliphatic hydroxyl groups excluding tert-OH is 1. The Balaban J connectivity index is 2.17. The van der Waals surface area contributed by atoms with Gasteiger partial charge in [0, 0.05) is 19.6 Å². The lowest BCUT2D eigenvalue weighted by Gasteiger charge is -2.11. The number of furan rings is 1. The van der Waals surface area contributed by atoms with Gasteiger partial charge in [0.25, 0.3) is 0 Å². The second kappa shape index (κ2) is 8.34. The SMILES string of the molecule is CN(C)CCNC(=O)C(=O)NCC[C@H](O)c1ccco1.